The number of hydrogen-bond donors (Lipinski definition) is 3. The Morgan fingerprint density at radius 2 is 2.53 bits per heavy atom. The van der Waals surface area contributed by atoms with Gasteiger partial charge in [0.2, 0.25) is 5.91 Å². The lowest BCUT2D eigenvalue weighted by Gasteiger charge is -2.23. The third-order valence-electron chi connectivity index (χ3n) is 2.94. The van der Waals surface area contributed by atoms with Gasteiger partial charge >= 0.3 is 0 Å². The first kappa shape index (κ1) is 12.1. The van der Waals surface area contributed by atoms with Gasteiger partial charge in [0.05, 0.1) is 6.54 Å². The molecule has 0 saturated carbocycles. The summed E-state index contributed by atoms with van der Waals surface area (Å²) in [7, 11) is 0. The number of nitrogens with zero attached hydrogens (tertiary/aromatic N) is 1. The maximum atomic E-state index is 11.6. The van der Waals surface area contributed by atoms with Crippen LogP contribution < -0.4 is 16.0 Å². The summed E-state index contributed by atoms with van der Waals surface area (Å²) in [4.78, 5) is 11.6. The Labute approximate surface area is 100 Å². The lowest BCUT2D eigenvalue weighted by Crippen LogP contribution is -2.47. The Kier molecular flexibility index (Phi) is 3.44. The molecule has 1 amide bonds. The maximum Gasteiger partial charge on any atom is 0.239 e. The molecule has 0 radical (unpaired) electrons. The summed E-state index contributed by atoms with van der Waals surface area (Å²) >= 11 is 0. The van der Waals surface area contributed by atoms with Gasteiger partial charge in [-0.3, -0.25) is 4.79 Å². The van der Waals surface area contributed by atoms with Crippen LogP contribution in [0.5, 0.6) is 0 Å². The van der Waals surface area contributed by atoms with Gasteiger partial charge in [0.1, 0.15) is 5.76 Å². The highest BCUT2D eigenvalue weighted by atomic mass is 16.5. The molecule has 1 aliphatic rings. The molecule has 0 aromatic carbocycles. The normalized spacial score (nSPS) is 23.9. The molecule has 1 aromatic heterocycles. The largest absolute Gasteiger partial charge is 0.360 e. The SMILES string of the molecule is Cc1cc(NC(=O)CNC2(C)CCNC2)no1. The molecule has 0 bridgehead atoms. The highest BCUT2D eigenvalue weighted by Crippen LogP contribution is 2.12. The van der Waals surface area contributed by atoms with E-state index in [1.54, 1.807) is 13.0 Å². The van der Waals surface area contributed by atoms with Crippen molar-refractivity contribution in [2.24, 2.45) is 0 Å². The maximum absolute atomic E-state index is 11.6. The van der Waals surface area contributed by atoms with Crippen molar-refractivity contribution in [1.29, 1.82) is 0 Å². The Balaban J connectivity index is 1.77. The van der Waals surface area contributed by atoms with Gasteiger partial charge in [-0.2, -0.15) is 0 Å². The second kappa shape index (κ2) is 4.85. The fraction of sp³-hybridized carbons (Fsp3) is 0.636. The van der Waals surface area contributed by atoms with E-state index in [-0.39, 0.29) is 18.0 Å². The molecule has 17 heavy (non-hydrogen) atoms. The Hall–Kier alpha value is -1.40. The van der Waals surface area contributed by atoms with Crippen molar-refractivity contribution in [1.82, 2.24) is 15.8 Å². The molecule has 1 saturated heterocycles. The summed E-state index contributed by atoms with van der Waals surface area (Å²) in [5.74, 6) is 1.04. The molecule has 94 valence electrons. The zero-order valence-electron chi connectivity index (χ0n) is 10.2. The molecule has 1 unspecified atom stereocenters. The van der Waals surface area contributed by atoms with Crippen molar-refractivity contribution < 1.29 is 9.32 Å². The Morgan fingerprint density at radius 3 is 3.12 bits per heavy atom. The number of aryl methyl sites for hydroxylation is 1. The molecular formula is C11H18N4O2. The third-order valence-corrected chi connectivity index (χ3v) is 2.94. The zero-order valence-corrected chi connectivity index (χ0v) is 10.2. The number of carbonyl (C=O) groups is 1. The molecule has 1 aliphatic heterocycles. The summed E-state index contributed by atoms with van der Waals surface area (Å²) in [5, 5.41) is 12.9. The van der Waals surface area contributed by atoms with E-state index in [9.17, 15) is 4.79 Å². The molecule has 1 aromatic rings. The summed E-state index contributed by atoms with van der Waals surface area (Å²) in [5.41, 5.74) is 0.0110. The predicted octanol–water partition coefficient (Wildman–Crippen LogP) is 0.263. The molecule has 1 fully saturated rings. The van der Waals surface area contributed by atoms with Gasteiger partial charge in [0.25, 0.3) is 0 Å². The lowest BCUT2D eigenvalue weighted by molar-refractivity contribution is -0.115. The van der Waals surface area contributed by atoms with Crippen LogP contribution in [-0.2, 0) is 4.79 Å². The minimum Gasteiger partial charge on any atom is -0.360 e. The van der Waals surface area contributed by atoms with Crippen LogP contribution in [0, 0.1) is 6.92 Å². The number of rotatable bonds is 4. The quantitative estimate of drug-likeness (QED) is 0.701. The number of amides is 1. The van der Waals surface area contributed by atoms with E-state index < -0.39 is 0 Å². The van der Waals surface area contributed by atoms with Gasteiger partial charge in [-0.1, -0.05) is 5.16 Å². The van der Waals surface area contributed by atoms with Crippen LogP contribution in [-0.4, -0.2) is 36.2 Å². The van der Waals surface area contributed by atoms with Gasteiger partial charge in [0, 0.05) is 18.2 Å². The highest BCUT2D eigenvalue weighted by molar-refractivity contribution is 5.91. The van der Waals surface area contributed by atoms with E-state index >= 15 is 0 Å². The topological polar surface area (TPSA) is 79.2 Å². The van der Waals surface area contributed by atoms with Crippen LogP contribution in [0.15, 0.2) is 10.6 Å². The standard InChI is InChI=1S/C11H18N4O2/c1-8-5-9(15-17-8)14-10(16)6-13-11(2)3-4-12-7-11/h5,12-13H,3-4,6-7H2,1-2H3,(H,14,15,16). The zero-order chi connectivity index (χ0) is 12.3. The van der Waals surface area contributed by atoms with Gasteiger partial charge in [-0.15, -0.1) is 0 Å². The van der Waals surface area contributed by atoms with Crippen molar-refractivity contribution in [3.8, 4) is 0 Å². The minimum atomic E-state index is -0.105. The van der Waals surface area contributed by atoms with Crippen molar-refractivity contribution in [3.05, 3.63) is 11.8 Å². The van der Waals surface area contributed by atoms with Gasteiger partial charge in [0.15, 0.2) is 5.82 Å². The van der Waals surface area contributed by atoms with E-state index in [4.69, 9.17) is 4.52 Å². The summed E-state index contributed by atoms with van der Waals surface area (Å²) in [6.07, 6.45) is 1.03. The number of hydrogen-bond acceptors (Lipinski definition) is 5. The molecule has 2 rings (SSSR count). The predicted molar refractivity (Wildman–Crippen MR) is 63.8 cm³/mol. The van der Waals surface area contributed by atoms with E-state index in [1.165, 1.54) is 0 Å². The van der Waals surface area contributed by atoms with Crippen molar-refractivity contribution in [2.45, 2.75) is 25.8 Å². The number of carbonyl (C=O) groups excluding carboxylic acids is 1. The summed E-state index contributed by atoms with van der Waals surface area (Å²) < 4.78 is 4.87. The molecular weight excluding hydrogens is 220 g/mol. The molecule has 6 heteroatoms. The second-order valence-electron chi connectivity index (χ2n) is 4.71. The van der Waals surface area contributed by atoms with E-state index in [2.05, 4.69) is 28.0 Å². The third kappa shape index (κ3) is 3.28. The molecule has 0 spiro atoms. The molecule has 6 nitrogen and oxygen atoms in total. The average Bonchev–Trinajstić information content (AvgIpc) is 2.86. The van der Waals surface area contributed by atoms with Crippen LogP contribution >= 0.6 is 0 Å². The number of aromatic nitrogens is 1. The van der Waals surface area contributed by atoms with Crippen LogP contribution in [0.4, 0.5) is 5.82 Å². The Morgan fingerprint density at radius 1 is 1.71 bits per heavy atom. The van der Waals surface area contributed by atoms with E-state index in [0.29, 0.717) is 11.6 Å². The number of nitrogens with one attached hydrogen (secondary N) is 3. The van der Waals surface area contributed by atoms with E-state index in [1.807, 2.05) is 0 Å². The van der Waals surface area contributed by atoms with Crippen molar-refractivity contribution in [2.75, 3.05) is 25.0 Å². The summed E-state index contributed by atoms with van der Waals surface area (Å²) in [6, 6.07) is 1.69. The van der Waals surface area contributed by atoms with Crippen molar-refractivity contribution >= 4 is 11.7 Å². The van der Waals surface area contributed by atoms with Gasteiger partial charge < -0.3 is 20.5 Å². The monoisotopic (exact) mass is 238 g/mol. The molecule has 0 aliphatic carbocycles. The average molecular weight is 238 g/mol. The highest BCUT2D eigenvalue weighted by Gasteiger charge is 2.28. The Bertz CT molecular complexity index is 396. The van der Waals surface area contributed by atoms with Crippen LogP contribution in [0.1, 0.15) is 19.1 Å². The first-order valence-electron chi connectivity index (χ1n) is 5.76. The smallest absolute Gasteiger partial charge is 0.239 e. The molecule has 3 N–H and O–H groups in total. The lowest BCUT2D eigenvalue weighted by atomic mass is 10.0. The first-order valence-corrected chi connectivity index (χ1v) is 5.76. The fourth-order valence-corrected chi connectivity index (χ4v) is 1.87. The van der Waals surface area contributed by atoms with Crippen LogP contribution in [0.2, 0.25) is 0 Å². The fourth-order valence-electron chi connectivity index (χ4n) is 1.87. The van der Waals surface area contributed by atoms with E-state index in [0.717, 1.165) is 19.5 Å². The van der Waals surface area contributed by atoms with Gasteiger partial charge in [-0.05, 0) is 26.8 Å². The molecule has 2 heterocycles. The van der Waals surface area contributed by atoms with Gasteiger partial charge in [-0.25, -0.2) is 0 Å². The van der Waals surface area contributed by atoms with Crippen LogP contribution in [0.25, 0.3) is 0 Å². The first-order chi connectivity index (χ1) is 8.07. The number of anilines is 1. The van der Waals surface area contributed by atoms with Crippen molar-refractivity contribution in [3.63, 3.8) is 0 Å². The van der Waals surface area contributed by atoms with Crippen LogP contribution in [0.3, 0.4) is 0 Å². The minimum absolute atomic E-state index is 0.0110. The second-order valence-corrected chi connectivity index (χ2v) is 4.71. The molecule has 1 atom stereocenters. The summed E-state index contributed by atoms with van der Waals surface area (Å²) in [6.45, 7) is 6.06.